The highest BCUT2D eigenvalue weighted by Crippen LogP contribution is 2.24. The number of rotatable bonds is 14. The summed E-state index contributed by atoms with van der Waals surface area (Å²) in [6.07, 6.45) is 1.46. The van der Waals surface area contributed by atoms with Gasteiger partial charge in [0.05, 0.1) is 7.11 Å². The van der Waals surface area contributed by atoms with Gasteiger partial charge in [-0.2, -0.15) is 0 Å². The van der Waals surface area contributed by atoms with Crippen molar-refractivity contribution in [3.63, 3.8) is 0 Å². The summed E-state index contributed by atoms with van der Waals surface area (Å²) in [6, 6.07) is 25.8. The van der Waals surface area contributed by atoms with Gasteiger partial charge in [-0.1, -0.05) is 90.4 Å². The number of hydrogen-bond donors (Lipinski definition) is 2. The first-order valence-electron chi connectivity index (χ1n) is 13.0. The number of hydrogen-bond acceptors (Lipinski definition) is 5. The van der Waals surface area contributed by atoms with Gasteiger partial charge in [-0.15, -0.1) is 0 Å². The third-order valence-electron chi connectivity index (χ3n) is 6.42. The van der Waals surface area contributed by atoms with E-state index >= 15 is 0 Å². The Kier molecular flexibility index (Phi) is 14.2. The van der Waals surface area contributed by atoms with Crippen LogP contribution in [0.15, 0.2) is 84.9 Å². The van der Waals surface area contributed by atoms with Crippen LogP contribution in [0.1, 0.15) is 48.7 Å². The van der Waals surface area contributed by atoms with Crippen LogP contribution in [0, 0.1) is 5.92 Å². The lowest BCUT2D eigenvalue weighted by atomic mass is 9.96. The lowest BCUT2D eigenvalue weighted by molar-refractivity contribution is -0.650. The maximum Gasteiger partial charge on any atom is 0.333 e. The number of methoxy groups -OCH3 is 1. The van der Waals surface area contributed by atoms with Crippen LogP contribution in [-0.4, -0.2) is 43.9 Å². The third-order valence-corrected chi connectivity index (χ3v) is 6.42. The van der Waals surface area contributed by atoms with Gasteiger partial charge in [0, 0.05) is 17.2 Å². The second kappa shape index (κ2) is 17.4. The van der Waals surface area contributed by atoms with Crippen LogP contribution in [0.5, 0.6) is 5.75 Å². The number of halogens is 1. The molecule has 0 aliphatic rings. The molecule has 3 rings (SSSR count). The van der Waals surface area contributed by atoms with Crippen LogP contribution >= 0.6 is 15.9 Å². The van der Waals surface area contributed by atoms with Gasteiger partial charge in [0.25, 0.3) is 0 Å². The molecule has 2 atom stereocenters. The van der Waals surface area contributed by atoms with E-state index in [1.54, 1.807) is 19.2 Å². The lowest BCUT2D eigenvalue weighted by Gasteiger charge is -2.27. The van der Waals surface area contributed by atoms with E-state index in [4.69, 9.17) is 9.47 Å². The van der Waals surface area contributed by atoms with Crippen molar-refractivity contribution in [2.45, 2.75) is 38.8 Å². The first-order chi connectivity index (χ1) is 18.5. The highest BCUT2D eigenvalue weighted by Gasteiger charge is 2.30. The number of carbonyl (C=O) groups is 2. The summed E-state index contributed by atoms with van der Waals surface area (Å²) in [5, 5.41) is 5.26. The molecule has 0 aliphatic heterocycles. The molecule has 3 aromatic carbocycles. The molecule has 0 fully saturated rings. The van der Waals surface area contributed by atoms with E-state index in [1.165, 1.54) is 0 Å². The molecule has 7 heteroatoms. The number of benzene rings is 3. The largest absolute Gasteiger partial charge is 0.497 e. The summed E-state index contributed by atoms with van der Waals surface area (Å²) in [5.74, 6) is 2.35. The number of Topliss-reactive ketones (excluding diaryl/α,β-unsaturated/α-hetero) is 1. The molecule has 38 heavy (non-hydrogen) atoms. The Morgan fingerprint density at radius 2 is 1.53 bits per heavy atom. The first-order valence-corrected chi connectivity index (χ1v) is 14.6. The molecule has 0 heterocycles. The quantitative estimate of drug-likeness (QED) is 0.145. The summed E-state index contributed by atoms with van der Waals surface area (Å²) in [5.41, 5.74) is 2.29. The van der Waals surface area contributed by atoms with E-state index in [9.17, 15) is 9.59 Å². The van der Waals surface area contributed by atoms with Crippen LogP contribution in [0.3, 0.4) is 0 Å². The van der Waals surface area contributed by atoms with Crippen molar-refractivity contribution in [1.82, 2.24) is 0 Å². The number of nitrogens with one attached hydrogen (secondary N) is 1. The number of para-hydroxylation sites is 1. The predicted molar refractivity (Wildman–Crippen MR) is 157 cm³/mol. The van der Waals surface area contributed by atoms with Gasteiger partial charge in [-0.05, 0) is 48.5 Å². The molecule has 0 unspecified atom stereocenters. The van der Waals surface area contributed by atoms with E-state index in [0.29, 0.717) is 17.9 Å². The van der Waals surface area contributed by atoms with E-state index in [2.05, 4.69) is 35.1 Å². The zero-order chi connectivity index (χ0) is 27.8. The molecule has 0 saturated heterocycles. The second-order valence-corrected chi connectivity index (χ2v) is 8.79. The minimum absolute atomic E-state index is 0.0106. The third kappa shape index (κ3) is 9.62. The molecule has 0 radical (unpaired) electrons. The number of carbonyl (C=O) groups excluding carboxylic acids is 2. The summed E-state index contributed by atoms with van der Waals surface area (Å²) >= 11 is 2.94. The molecular formula is C31H40BrN2O4+. The zero-order valence-corrected chi connectivity index (χ0v) is 24.3. The molecule has 0 amide bonds. The van der Waals surface area contributed by atoms with Gasteiger partial charge in [0.1, 0.15) is 18.8 Å². The monoisotopic (exact) mass is 583 g/mol. The topological polar surface area (TPSA) is 81.2 Å². The van der Waals surface area contributed by atoms with Crippen LogP contribution in [0.25, 0.3) is 0 Å². The van der Waals surface area contributed by atoms with Crippen LogP contribution < -0.4 is 15.4 Å². The van der Waals surface area contributed by atoms with Crippen molar-refractivity contribution >= 4 is 33.4 Å². The van der Waals surface area contributed by atoms with E-state index in [0.717, 1.165) is 24.1 Å². The SMILES string of the molecule is CBr.CCC(CC)[C@H](C[NH2+]CC(=O)c1cccc(OC)c1)OC(=O)[C@H](Nc1ccccc1)c1ccccc1. The van der Waals surface area contributed by atoms with Gasteiger partial charge in [0.2, 0.25) is 5.78 Å². The number of ketones is 1. The molecule has 0 bridgehead atoms. The molecule has 0 spiro atoms. The minimum atomic E-state index is -0.635. The molecule has 3 aromatic rings. The fraction of sp³-hybridized carbons (Fsp3) is 0.355. The summed E-state index contributed by atoms with van der Waals surface area (Å²) < 4.78 is 11.4. The predicted octanol–water partition coefficient (Wildman–Crippen LogP) is 5.65. The van der Waals surface area contributed by atoms with E-state index in [-0.39, 0.29) is 30.3 Å². The summed E-state index contributed by atoms with van der Waals surface area (Å²) in [7, 11) is 1.58. The lowest BCUT2D eigenvalue weighted by Crippen LogP contribution is -2.88. The smallest absolute Gasteiger partial charge is 0.333 e. The molecule has 6 nitrogen and oxygen atoms in total. The summed E-state index contributed by atoms with van der Waals surface area (Å²) in [4.78, 5) is 26.2. The number of anilines is 1. The Hall–Kier alpha value is -3.16. The van der Waals surface area contributed by atoms with Gasteiger partial charge in [0.15, 0.2) is 12.1 Å². The van der Waals surface area contributed by atoms with Crippen LogP contribution in [0.2, 0.25) is 0 Å². The maximum atomic E-state index is 13.5. The second-order valence-electron chi connectivity index (χ2n) is 8.79. The molecule has 0 aliphatic carbocycles. The fourth-order valence-corrected chi connectivity index (χ4v) is 4.29. The van der Waals surface area contributed by atoms with Crippen molar-refractivity contribution in [2.75, 3.05) is 31.3 Å². The summed E-state index contributed by atoms with van der Waals surface area (Å²) in [6.45, 7) is 4.99. The Balaban J connectivity index is 0.00000247. The van der Waals surface area contributed by atoms with Gasteiger partial charge >= 0.3 is 5.97 Å². The average molecular weight is 585 g/mol. The Bertz CT molecular complexity index is 1090. The number of quaternary nitrogens is 1. The van der Waals surface area contributed by atoms with E-state index in [1.807, 2.05) is 83.9 Å². The van der Waals surface area contributed by atoms with Crippen molar-refractivity contribution < 1.29 is 24.4 Å². The standard InChI is InChI=1S/C30H36N2O4.CH3Br/c1-4-22(5-2)28(21-31-20-27(33)24-15-12-18-26(19-24)35-3)36-30(34)29(23-13-8-6-9-14-23)32-25-16-10-7-11-17-25;1-2/h6-19,22,28-29,31-32H,4-5,20-21H2,1-3H3;1H3/p+1/t28-,29+;/m0./s1. The normalized spacial score (nSPS) is 12.1. The van der Waals surface area contributed by atoms with Crippen molar-refractivity contribution in [3.05, 3.63) is 96.1 Å². The Labute approximate surface area is 235 Å². The van der Waals surface area contributed by atoms with Crippen molar-refractivity contribution in [3.8, 4) is 5.75 Å². The number of alkyl halides is 1. The van der Waals surface area contributed by atoms with Gasteiger partial charge in [-0.25, -0.2) is 4.79 Å². The van der Waals surface area contributed by atoms with Crippen LogP contribution in [-0.2, 0) is 9.53 Å². The number of esters is 1. The number of nitrogens with two attached hydrogens (primary N) is 1. The fourth-order valence-electron chi connectivity index (χ4n) is 4.29. The van der Waals surface area contributed by atoms with Gasteiger partial charge in [-0.3, -0.25) is 4.79 Å². The maximum absolute atomic E-state index is 13.5. The Morgan fingerprint density at radius 1 is 0.895 bits per heavy atom. The highest BCUT2D eigenvalue weighted by molar-refractivity contribution is 9.08. The molecule has 3 N–H and O–H groups in total. The van der Waals surface area contributed by atoms with Crippen molar-refractivity contribution in [1.29, 1.82) is 0 Å². The van der Waals surface area contributed by atoms with Crippen LogP contribution in [0.4, 0.5) is 5.69 Å². The average Bonchev–Trinajstić information content (AvgIpc) is 2.98. The molecular weight excluding hydrogens is 544 g/mol. The minimum Gasteiger partial charge on any atom is -0.497 e. The molecule has 0 saturated carbocycles. The molecule has 0 aromatic heterocycles. The first kappa shape index (κ1) is 31.1. The van der Waals surface area contributed by atoms with Crippen molar-refractivity contribution in [2.24, 2.45) is 5.92 Å². The zero-order valence-electron chi connectivity index (χ0n) is 22.7. The Morgan fingerprint density at radius 3 is 2.13 bits per heavy atom. The van der Waals surface area contributed by atoms with Gasteiger partial charge < -0.3 is 20.1 Å². The van der Waals surface area contributed by atoms with E-state index < -0.39 is 6.04 Å². The molecule has 204 valence electrons. The number of ether oxygens (including phenoxy) is 2. The highest BCUT2D eigenvalue weighted by atomic mass is 79.9.